The fraction of sp³-hybridized carbons (Fsp3) is 1.00. The molecule has 1 N–H and O–H groups in total. The van der Waals surface area contributed by atoms with Gasteiger partial charge in [0.1, 0.15) is 0 Å². The van der Waals surface area contributed by atoms with Crippen molar-refractivity contribution in [3.8, 4) is 0 Å². The van der Waals surface area contributed by atoms with E-state index in [1.165, 1.54) is 0 Å². The van der Waals surface area contributed by atoms with Crippen molar-refractivity contribution >= 4 is 0 Å². The van der Waals surface area contributed by atoms with Crippen LogP contribution in [0.15, 0.2) is 0 Å². The van der Waals surface area contributed by atoms with Crippen LogP contribution >= 0.6 is 0 Å². The molecule has 0 aromatic heterocycles. The van der Waals surface area contributed by atoms with Gasteiger partial charge in [-0.05, 0) is 19.4 Å². The molecule has 12 heavy (non-hydrogen) atoms. The summed E-state index contributed by atoms with van der Waals surface area (Å²) in [4.78, 5) is 0. The molecule has 4 heteroatoms. The van der Waals surface area contributed by atoms with Gasteiger partial charge in [0.2, 0.25) is 0 Å². The van der Waals surface area contributed by atoms with Gasteiger partial charge in [-0.3, -0.25) is 0 Å². The van der Waals surface area contributed by atoms with Crippen LogP contribution in [0.4, 0.5) is 13.2 Å². The second kappa shape index (κ2) is 4.70. The lowest BCUT2D eigenvalue weighted by atomic mass is 10.0. The van der Waals surface area contributed by atoms with Gasteiger partial charge in [0, 0.05) is 6.04 Å². The van der Waals surface area contributed by atoms with Crippen LogP contribution in [0.1, 0.15) is 26.7 Å². The second-order valence-electron chi connectivity index (χ2n) is 3.43. The molecule has 0 radical (unpaired) electrons. The Morgan fingerprint density at radius 3 is 2.00 bits per heavy atom. The summed E-state index contributed by atoms with van der Waals surface area (Å²) in [6.45, 7) is 3.83. The first-order valence-electron chi connectivity index (χ1n) is 4.09. The zero-order valence-corrected chi connectivity index (χ0v) is 7.70. The summed E-state index contributed by atoms with van der Waals surface area (Å²) in [6, 6.07) is -0.440. The van der Waals surface area contributed by atoms with Crippen LogP contribution in [0.25, 0.3) is 0 Å². The first-order valence-corrected chi connectivity index (χ1v) is 4.09. The highest BCUT2D eigenvalue weighted by atomic mass is 19.4. The van der Waals surface area contributed by atoms with Gasteiger partial charge >= 0.3 is 6.18 Å². The van der Waals surface area contributed by atoms with Crippen LogP contribution in [0.3, 0.4) is 0 Å². The Morgan fingerprint density at radius 2 is 1.75 bits per heavy atom. The van der Waals surface area contributed by atoms with Crippen LogP contribution in [-0.2, 0) is 0 Å². The monoisotopic (exact) mass is 183 g/mol. The molecule has 0 bridgehead atoms. The van der Waals surface area contributed by atoms with Crippen molar-refractivity contribution in [2.45, 2.75) is 38.9 Å². The Labute approximate surface area is 71.3 Å². The smallest absolute Gasteiger partial charge is 0.317 e. The van der Waals surface area contributed by atoms with E-state index in [0.29, 0.717) is 12.3 Å². The van der Waals surface area contributed by atoms with E-state index in [0.717, 1.165) is 0 Å². The number of alkyl halides is 3. The Hall–Kier alpha value is -0.250. The zero-order chi connectivity index (χ0) is 9.78. The van der Waals surface area contributed by atoms with Gasteiger partial charge in [0.25, 0.3) is 0 Å². The highest BCUT2D eigenvalue weighted by molar-refractivity contribution is 4.70. The summed E-state index contributed by atoms with van der Waals surface area (Å²) in [5.41, 5.74) is 0. The molecule has 0 aromatic carbocycles. The highest BCUT2D eigenvalue weighted by Gasteiger charge is 2.31. The third-order valence-corrected chi connectivity index (χ3v) is 1.64. The third-order valence-electron chi connectivity index (χ3n) is 1.64. The van der Waals surface area contributed by atoms with Crippen LogP contribution in [0, 0.1) is 5.92 Å². The predicted molar refractivity (Wildman–Crippen MR) is 43.0 cm³/mol. The van der Waals surface area contributed by atoms with Crippen molar-refractivity contribution in [2.24, 2.45) is 5.92 Å². The van der Waals surface area contributed by atoms with E-state index in [9.17, 15) is 13.2 Å². The third kappa shape index (κ3) is 6.46. The van der Waals surface area contributed by atoms with E-state index >= 15 is 0 Å². The minimum atomic E-state index is -4.05. The Bertz CT molecular complexity index is 120. The van der Waals surface area contributed by atoms with E-state index in [1.54, 1.807) is 7.05 Å². The predicted octanol–water partition coefficient (Wildman–Crippen LogP) is 2.57. The number of rotatable bonds is 4. The first-order chi connectivity index (χ1) is 5.35. The first kappa shape index (κ1) is 11.8. The van der Waals surface area contributed by atoms with E-state index < -0.39 is 18.6 Å². The molecule has 1 nitrogen and oxygen atoms in total. The molecule has 0 saturated carbocycles. The second-order valence-corrected chi connectivity index (χ2v) is 3.43. The summed E-state index contributed by atoms with van der Waals surface area (Å²) in [5, 5.41) is 2.67. The summed E-state index contributed by atoms with van der Waals surface area (Å²) < 4.78 is 35.7. The lowest BCUT2D eigenvalue weighted by Gasteiger charge is -2.19. The standard InChI is InChI=1S/C8H16F3N/c1-6(2)4-7(12-3)5-8(9,10)11/h6-7,12H,4-5H2,1-3H3. The van der Waals surface area contributed by atoms with Gasteiger partial charge < -0.3 is 5.32 Å². The molecule has 1 unspecified atom stereocenters. The maximum atomic E-state index is 11.9. The molecule has 0 aliphatic carbocycles. The molecule has 0 rings (SSSR count). The molecule has 0 amide bonds. The molecule has 0 heterocycles. The topological polar surface area (TPSA) is 12.0 Å². The maximum absolute atomic E-state index is 11.9. The van der Waals surface area contributed by atoms with Crippen molar-refractivity contribution in [3.63, 3.8) is 0 Å². The van der Waals surface area contributed by atoms with Crippen molar-refractivity contribution in [1.29, 1.82) is 0 Å². The largest absolute Gasteiger partial charge is 0.390 e. The average Bonchev–Trinajstić information content (AvgIpc) is 1.82. The number of hydrogen-bond donors (Lipinski definition) is 1. The number of hydrogen-bond acceptors (Lipinski definition) is 1. The lowest BCUT2D eigenvalue weighted by Crippen LogP contribution is -2.32. The van der Waals surface area contributed by atoms with E-state index in [2.05, 4.69) is 5.32 Å². The molecule has 0 fully saturated rings. The van der Waals surface area contributed by atoms with E-state index in [4.69, 9.17) is 0 Å². The van der Waals surface area contributed by atoms with Gasteiger partial charge in [-0.25, -0.2) is 0 Å². The minimum absolute atomic E-state index is 0.296. The Morgan fingerprint density at radius 1 is 1.25 bits per heavy atom. The van der Waals surface area contributed by atoms with Gasteiger partial charge in [0.05, 0.1) is 6.42 Å². The summed E-state index contributed by atoms with van der Waals surface area (Å²) in [5.74, 6) is 0.296. The highest BCUT2D eigenvalue weighted by Crippen LogP contribution is 2.23. The molecule has 0 aromatic rings. The zero-order valence-electron chi connectivity index (χ0n) is 7.70. The minimum Gasteiger partial charge on any atom is -0.317 e. The summed E-state index contributed by atoms with van der Waals surface area (Å²) >= 11 is 0. The molecule has 0 saturated heterocycles. The van der Waals surface area contributed by atoms with Crippen LogP contribution in [-0.4, -0.2) is 19.3 Å². The summed E-state index contributed by atoms with van der Waals surface area (Å²) in [7, 11) is 1.57. The van der Waals surface area contributed by atoms with E-state index in [1.807, 2.05) is 13.8 Å². The quantitative estimate of drug-likeness (QED) is 0.706. The van der Waals surface area contributed by atoms with Crippen LogP contribution < -0.4 is 5.32 Å². The lowest BCUT2D eigenvalue weighted by molar-refractivity contribution is -0.140. The van der Waals surface area contributed by atoms with Gasteiger partial charge in [-0.2, -0.15) is 13.2 Å². The fourth-order valence-electron chi connectivity index (χ4n) is 1.15. The molecule has 0 aliphatic heterocycles. The van der Waals surface area contributed by atoms with Crippen molar-refractivity contribution in [1.82, 2.24) is 5.32 Å². The van der Waals surface area contributed by atoms with Crippen molar-refractivity contribution in [3.05, 3.63) is 0 Å². The molecule has 1 atom stereocenters. The molecular formula is C8H16F3N. The number of halogens is 3. The van der Waals surface area contributed by atoms with E-state index in [-0.39, 0.29) is 0 Å². The van der Waals surface area contributed by atoms with Crippen molar-refractivity contribution in [2.75, 3.05) is 7.05 Å². The average molecular weight is 183 g/mol. The van der Waals surface area contributed by atoms with Gasteiger partial charge in [-0.15, -0.1) is 0 Å². The SMILES string of the molecule is CNC(CC(C)C)CC(F)(F)F. The van der Waals surface area contributed by atoms with Gasteiger partial charge in [0.15, 0.2) is 0 Å². The van der Waals surface area contributed by atoms with Crippen LogP contribution in [0.5, 0.6) is 0 Å². The molecular weight excluding hydrogens is 167 g/mol. The van der Waals surface area contributed by atoms with Crippen LogP contribution in [0.2, 0.25) is 0 Å². The fourth-order valence-corrected chi connectivity index (χ4v) is 1.15. The van der Waals surface area contributed by atoms with Crippen molar-refractivity contribution < 1.29 is 13.2 Å². The maximum Gasteiger partial charge on any atom is 0.390 e. The van der Waals surface area contributed by atoms with Gasteiger partial charge in [-0.1, -0.05) is 13.8 Å². The molecule has 74 valence electrons. The Balaban J connectivity index is 3.83. The molecule has 0 aliphatic rings. The number of nitrogens with one attached hydrogen (secondary N) is 1. The Kier molecular flexibility index (Phi) is 4.60. The normalized spacial score (nSPS) is 15.2. The molecule has 0 spiro atoms. The summed E-state index contributed by atoms with van der Waals surface area (Å²) in [6.07, 6.45) is -4.22.